The Morgan fingerprint density at radius 3 is 0.333 bits per heavy atom. The molecular weight excluding hydrogens is 161 g/mol. The molecule has 0 aromatic carbocycles. The Balaban J connectivity index is 0. The topological polar surface area (TPSA) is 0 Å². The fourth-order valence-corrected chi connectivity index (χ4v) is 0. The molecule has 0 bridgehead atoms. The molecule has 0 saturated heterocycles. The third-order valence-corrected chi connectivity index (χ3v) is 0. The molecule has 1 radical (unpaired) electrons. The van der Waals surface area contributed by atoms with Crippen LogP contribution in [0, 0.1) is 37.1 Å². The summed E-state index contributed by atoms with van der Waals surface area (Å²) in [4.78, 5) is 0. The first-order valence-electron chi connectivity index (χ1n) is 0. The molecule has 0 unspecified atom stereocenters. The van der Waals surface area contributed by atoms with Gasteiger partial charge in [-0.25, -0.2) is 0 Å². The summed E-state index contributed by atoms with van der Waals surface area (Å²) >= 11 is 0. The van der Waals surface area contributed by atoms with Crippen molar-refractivity contribution in [2.24, 2.45) is 0 Å². The van der Waals surface area contributed by atoms with E-state index in [2.05, 4.69) is 0 Å². The van der Waals surface area contributed by atoms with E-state index in [1.54, 1.807) is 0 Å². The zero-order chi connectivity index (χ0) is 0. The summed E-state index contributed by atoms with van der Waals surface area (Å²) < 4.78 is 0. The zero-order valence-electron chi connectivity index (χ0n) is 5.35. The van der Waals surface area contributed by atoms with E-state index in [1.807, 2.05) is 0 Å². The van der Waals surface area contributed by atoms with Gasteiger partial charge in [0.15, 0.2) is 0 Å². The zero-order valence-corrected chi connectivity index (χ0v) is 7.09. The van der Waals surface area contributed by atoms with Crippen LogP contribution in [0.2, 0.25) is 0 Å². The second kappa shape index (κ2) is 309. The maximum absolute atomic E-state index is 0. The molecule has 0 aliphatic carbocycles. The maximum atomic E-state index is 0. The second-order valence-electron chi connectivity index (χ2n) is 0. The summed E-state index contributed by atoms with van der Waals surface area (Å²) in [5.41, 5.74) is 0. The van der Waals surface area contributed by atoms with Crippen molar-refractivity contribution in [1.29, 1.82) is 0 Å². The van der Waals surface area contributed by atoms with Gasteiger partial charge in [0.05, 0.1) is 0 Å². The SMILES string of the molecule is [CH3-].[CH3-].[CH3-].[CH3-].[CH3-].[Ru+5]. The normalized spacial score (nSPS) is 0. The van der Waals surface area contributed by atoms with E-state index in [-0.39, 0.29) is 56.6 Å². The number of rotatable bonds is 0. The third-order valence-electron chi connectivity index (χ3n) is 0. The summed E-state index contributed by atoms with van der Waals surface area (Å²) in [6.45, 7) is 0. The second-order valence-corrected chi connectivity index (χ2v) is 0. The predicted octanol–water partition coefficient (Wildman–Crippen LogP) is 2.25. The van der Waals surface area contributed by atoms with E-state index < -0.39 is 0 Å². The van der Waals surface area contributed by atoms with E-state index in [9.17, 15) is 0 Å². The third kappa shape index (κ3) is 156. The first-order chi connectivity index (χ1) is 0. The Morgan fingerprint density at radius 1 is 0.333 bits per heavy atom. The molecule has 0 fully saturated rings. The van der Waals surface area contributed by atoms with Crippen LogP contribution in [0.1, 0.15) is 0 Å². The van der Waals surface area contributed by atoms with Crippen molar-refractivity contribution in [2.45, 2.75) is 0 Å². The molecule has 1 heteroatoms. The molecule has 0 aliphatic rings. The van der Waals surface area contributed by atoms with E-state index in [0.29, 0.717) is 0 Å². The summed E-state index contributed by atoms with van der Waals surface area (Å²) in [6, 6.07) is 0. The van der Waals surface area contributed by atoms with Gasteiger partial charge in [-0.2, -0.15) is 0 Å². The fraction of sp³-hybridized carbons (Fsp3) is 0. The van der Waals surface area contributed by atoms with Gasteiger partial charge in [-0.05, 0) is 0 Å². The minimum Gasteiger partial charge on any atom is -0.358 e. The van der Waals surface area contributed by atoms with Gasteiger partial charge in [0.25, 0.3) is 0 Å². The molecule has 0 spiro atoms. The smallest absolute Gasteiger partial charge is 0.358 e. The van der Waals surface area contributed by atoms with Gasteiger partial charge in [-0.1, -0.05) is 0 Å². The minimum atomic E-state index is 0. The molecule has 43 valence electrons. The Hall–Kier alpha value is 0.623. The van der Waals surface area contributed by atoms with Crippen LogP contribution in [0.4, 0.5) is 0 Å². The average molecular weight is 176 g/mol. The summed E-state index contributed by atoms with van der Waals surface area (Å²) in [5.74, 6) is 0. The van der Waals surface area contributed by atoms with Crippen molar-refractivity contribution in [3.8, 4) is 0 Å². The van der Waals surface area contributed by atoms with E-state index in [1.165, 1.54) is 0 Å². The van der Waals surface area contributed by atoms with Crippen molar-refractivity contribution in [3.05, 3.63) is 37.1 Å². The van der Waals surface area contributed by atoms with E-state index in [4.69, 9.17) is 0 Å². The monoisotopic (exact) mass is 177 g/mol. The molecule has 0 saturated carbocycles. The van der Waals surface area contributed by atoms with Crippen LogP contribution in [0.25, 0.3) is 0 Å². The van der Waals surface area contributed by atoms with Crippen LogP contribution in [0.5, 0.6) is 0 Å². The van der Waals surface area contributed by atoms with Crippen LogP contribution >= 0.6 is 0 Å². The van der Waals surface area contributed by atoms with Gasteiger partial charge in [0, 0.05) is 0 Å². The Morgan fingerprint density at radius 2 is 0.333 bits per heavy atom. The summed E-state index contributed by atoms with van der Waals surface area (Å²) in [7, 11) is 0. The average Bonchev–Trinajstić information content (AvgIpc) is 0. The Labute approximate surface area is 57.1 Å². The first kappa shape index (κ1) is 539. The van der Waals surface area contributed by atoms with Gasteiger partial charge in [-0.3, -0.25) is 0 Å². The van der Waals surface area contributed by atoms with Crippen LogP contribution in [0.15, 0.2) is 0 Å². The molecule has 0 nitrogen and oxygen atoms in total. The molecule has 0 atom stereocenters. The first-order valence-corrected chi connectivity index (χ1v) is 0. The molecular formula is C5H15Ru. The minimum absolute atomic E-state index is 0. The van der Waals surface area contributed by atoms with Crippen LogP contribution < -0.4 is 0 Å². The van der Waals surface area contributed by atoms with E-state index in [0.717, 1.165) is 0 Å². The van der Waals surface area contributed by atoms with Gasteiger partial charge < -0.3 is 37.1 Å². The van der Waals surface area contributed by atoms with Crippen molar-refractivity contribution in [1.82, 2.24) is 0 Å². The predicted molar refractivity (Wildman–Crippen MR) is 32.1 cm³/mol. The van der Waals surface area contributed by atoms with Crippen molar-refractivity contribution >= 4 is 0 Å². The Kier molecular flexibility index (Phi) is 27800. The number of hydrogen-bond acceptors (Lipinski definition) is 0. The van der Waals surface area contributed by atoms with Crippen molar-refractivity contribution in [3.63, 3.8) is 0 Å². The molecule has 0 amide bonds. The molecule has 0 aromatic heterocycles. The molecule has 0 aliphatic heterocycles. The van der Waals surface area contributed by atoms with Crippen molar-refractivity contribution < 1.29 is 19.5 Å². The largest absolute Gasteiger partial charge is 5.00 e. The number of hydrogen-bond donors (Lipinski definition) is 0. The molecule has 0 heterocycles. The van der Waals surface area contributed by atoms with Gasteiger partial charge in [0.2, 0.25) is 0 Å². The van der Waals surface area contributed by atoms with Crippen LogP contribution in [-0.4, -0.2) is 0 Å². The Bertz CT molecular complexity index is 3.90. The maximum Gasteiger partial charge on any atom is 5.00 e. The summed E-state index contributed by atoms with van der Waals surface area (Å²) in [5, 5.41) is 0. The van der Waals surface area contributed by atoms with Gasteiger partial charge in [-0.15, -0.1) is 0 Å². The van der Waals surface area contributed by atoms with E-state index >= 15 is 0 Å². The standard InChI is InChI=1S/5CH3.Ru/h5*1H3;/q5*-1;+5. The summed E-state index contributed by atoms with van der Waals surface area (Å²) in [6.07, 6.45) is 0. The van der Waals surface area contributed by atoms with Crippen molar-refractivity contribution in [2.75, 3.05) is 0 Å². The molecule has 6 heavy (non-hydrogen) atoms. The fourth-order valence-electron chi connectivity index (χ4n) is 0. The van der Waals surface area contributed by atoms with Gasteiger partial charge >= 0.3 is 19.5 Å². The quantitative estimate of drug-likeness (QED) is 0.392. The van der Waals surface area contributed by atoms with Crippen LogP contribution in [0.3, 0.4) is 0 Å². The molecule has 0 aromatic rings. The molecule has 0 N–H and O–H groups in total. The molecule has 0 rings (SSSR count). The van der Waals surface area contributed by atoms with Gasteiger partial charge in [0.1, 0.15) is 0 Å². The van der Waals surface area contributed by atoms with Crippen LogP contribution in [-0.2, 0) is 19.5 Å².